The van der Waals surface area contributed by atoms with E-state index in [-0.39, 0.29) is 11.9 Å². The molecule has 1 aliphatic heterocycles. The number of rotatable bonds is 3. The minimum atomic E-state index is -0.0299. The molecule has 1 fully saturated rings. The largest absolute Gasteiger partial charge is 0.485 e. The molecule has 1 aromatic rings. The van der Waals surface area contributed by atoms with Crippen molar-refractivity contribution >= 4 is 17.4 Å². The van der Waals surface area contributed by atoms with Gasteiger partial charge in [-0.2, -0.15) is 0 Å². The van der Waals surface area contributed by atoms with E-state index in [1.54, 1.807) is 18.2 Å². The number of nitrogens with zero attached hydrogens (tertiary/aromatic N) is 1. The smallest absolute Gasteiger partial charge is 0.173 e. The van der Waals surface area contributed by atoms with Crippen molar-refractivity contribution in [3.8, 4) is 5.75 Å². The zero-order chi connectivity index (χ0) is 11.5. The number of ether oxygens (including phenoxy) is 2. The van der Waals surface area contributed by atoms with Crippen LogP contribution >= 0.6 is 11.6 Å². The minimum Gasteiger partial charge on any atom is -0.485 e. The van der Waals surface area contributed by atoms with Gasteiger partial charge in [0.25, 0.3) is 0 Å². The zero-order valence-corrected chi connectivity index (χ0v) is 9.15. The highest BCUT2D eigenvalue weighted by Gasteiger charge is 2.22. The van der Waals surface area contributed by atoms with Gasteiger partial charge in [-0.05, 0) is 18.2 Å². The second kappa shape index (κ2) is 4.59. The van der Waals surface area contributed by atoms with Gasteiger partial charge in [-0.3, -0.25) is 0 Å². The van der Waals surface area contributed by atoms with Crippen molar-refractivity contribution in [3.63, 3.8) is 0 Å². The number of hydrogen-bond acceptors (Lipinski definition) is 4. The number of hydrogen-bond donors (Lipinski definition) is 2. The lowest BCUT2D eigenvalue weighted by molar-refractivity contribution is -0.0797. The maximum atomic E-state index is 8.65. The van der Waals surface area contributed by atoms with Gasteiger partial charge >= 0.3 is 0 Å². The molecule has 0 unspecified atom stereocenters. The Kier molecular flexibility index (Phi) is 3.17. The van der Waals surface area contributed by atoms with Crippen LogP contribution < -0.4 is 10.5 Å². The molecule has 0 radical (unpaired) electrons. The van der Waals surface area contributed by atoms with Crippen LogP contribution in [0.3, 0.4) is 0 Å². The number of benzene rings is 1. The highest BCUT2D eigenvalue weighted by molar-refractivity contribution is 6.31. The molecular weight excluding hydrogens is 232 g/mol. The van der Waals surface area contributed by atoms with Gasteiger partial charge in [-0.25, -0.2) is 0 Å². The Hall–Kier alpha value is -1.46. The molecule has 1 aromatic carbocycles. The van der Waals surface area contributed by atoms with Gasteiger partial charge in [0.1, 0.15) is 11.9 Å². The number of oxime groups is 1. The van der Waals surface area contributed by atoms with E-state index in [2.05, 4.69) is 5.16 Å². The normalized spacial score (nSPS) is 16.9. The molecule has 0 amide bonds. The molecule has 16 heavy (non-hydrogen) atoms. The maximum absolute atomic E-state index is 8.65. The molecule has 0 aromatic heterocycles. The molecule has 0 aliphatic carbocycles. The Bertz CT molecular complexity index is 419. The van der Waals surface area contributed by atoms with Crippen molar-refractivity contribution in [1.29, 1.82) is 0 Å². The summed E-state index contributed by atoms with van der Waals surface area (Å²) in [7, 11) is 0. The summed E-state index contributed by atoms with van der Waals surface area (Å²) in [5.74, 6) is 0.505. The Morgan fingerprint density at radius 1 is 1.56 bits per heavy atom. The molecule has 86 valence electrons. The van der Waals surface area contributed by atoms with Crippen LogP contribution in [0, 0.1) is 0 Å². The summed E-state index contributed by atoms with van der Waals surface area (Å²) in [4.78, 5) is 0. The molecule has 0 saturated carbocycles. The molecule has 1 saturated heterocycles. The van der Waals surface area contributed by atoms with Gasteiger partial charge in [-0.1, -0.05) is 16.8 Å². The van der Waals surface area contributed by atoms with Crippen LogP contribution in [0.1, 0.15) is 5.56 Å². The fourth-order valence-corrected chi connectivity index (χ4v) is 1.49. The van der Waals surface area contributed by atoms with Gasteiger partial charge in [0.2, 0.25) is 0 Å². The lowest BCUT2D eigenvalue weighted by atomic mass is 10.2. The topological polar surface area (TPSA) is 77.1 Å². The van der Waals surface area contributed by atoms with Gasteiger partial charge < -0.3 is 20.4 Å². The van der Waals surface area contributed by atoms with E-state index in [4.69, 9.17) is 32.0 Å². The zero-order valence-electron chi connectivity index (χ0n) is 8.39. The quantitative estimate of drug-likeness (QED) is 0.362. The molecular formula is C10H11ClN2O3. The Morgan fingerprint density at radius 3 is 2.88 bits per heavy atom. The van der Waals surface area contributed by atoms with E-state index in [1.807, 2.05) is 0 Å². The molecule has 0 atom stereocenters. The van der Waals surface area contributed by atoms with E-state index >= 15 is 0 Å². The summed E-state index contributed by atoms with van der Waals surface area (Å²) < 4.78 is 10.6. The van der Waals surface area contributed by atoms with Gasteiger partial charge in [-0.15, -0.1) is 0 Å². The molecule has 1 heterocycles. The predicted molar refractivity (Wildman–Crippen MR) is 59.2 cm³/mol. The summed E-state index contributed by atoms with van der Waals surface area (Å²) in [5.41, 5.74) is 6.00. The van der Waals surface area contributed by atoms with Gasteiger partial charge in [0.05, 0.1) is 18.8 Å². The predicted octanol–water partition coefficient (Wildman–Crippen LogP) is 1.21. The number of nitrogens with two attached hydrogens (primary N) is 1. The van der Waals surface area contributed by atoms with Crippen LogP contribution in [-0.4, -0.2) is 30.4 Å². The van der Waals surface area contributed by atoms with Gasteiger partial charge in [0, 0.05) is 5.02 Å². The summed E-state index contributed by atoms with van der Waals surface area (Å²) in [6.07, 6.45) is 0.0198. The highest BCUT2D eigenvalue weighted by Crippen LogP contribution is 2.25. The lowest BCUT2D eigenvalue weighted by Crippen LogP contribution is -2.39. The van der Waals surface area contributed by atoms with Crippen molar-refractivity contribution in [1.82, 2.24) is 0 Å². The highest BCUT2D eigenvalue weighted by atomic mass is 35.5. The van der Waals surface area contributed by atoms with Crippen LogP contribution in [0.25, 0.3) is 0 Å². The lowest BCUT2D eigenvalue weighted by Gasteiger charge is -2.27. The first-order chi connectivity index (χ1) is 7.70. The fourth-order valence-electron chi connectivity index (χ4n) is 1.32. The third kappa shape index (κ3) is 2.20. The van der Waals surface area contributed by atoms with Crippen LogP contribution in [0.5, 0.6) is 5.75 Å². The molecule has 6 heteroatoms. The summed E-state index contributed by atoms with van der Waals surface area (Å²) >= 11 is 5.83. The van der Waals surface area contributed by atoms with E-state index in [0.717, 1.165) is 0 Å². The first-order valence-corrected chi connectivity index (χ1v) is 5.10. The second-order valence-electron chi connectivity index (χ2n) is 3.40. The van der Waals surface area contributed by atoms with E-state index in [9.17, 15) is 0 Å². The van der Waals surface area contributed by atoms with E-state index in [1.165, 1.54) is 0 Å². The number of amidine groups is 1. The third-order valence-corrected chi connectivity index (χ3v) is 2.46. The molecule has 0 spiro atoms. The van der Waals surface area contributed by atoms with E-state index in [0.29, 0.717) is 29.5 Å². The Morgan fingerprint density at radius 2 is 2.31 bits per heavy atom. The first-order valence-electron chi connectivity index (χ1n) is 4.72. The maximum Gasteiger partial charge on any atom is 0.173 e. The minimum absolute atomic E-state index is 0.0198. The second-order valence-corrected chi connectivity index (χ2v) is 3.84. The van der Waals surface area contributed by atoms with Crippen LogP contribution in [0.15, 0.2) is 23.4 Å². The standard InChI is InChI=1S/C10H11ClN2O3/c11-6-1-2-9(16-7-4-15-5-7)8(3-6)10(12)13-14/h1-3,7,14H,4-5H2,(H2,12,13). The molecule has 3 N–H and O–H groups in total. The molecule has 2 rings (SSSR count). The average molecular weight is 243 g/mol. The van der Waals surface area contributed by atoms with Crippen LogP contribution in [-0.2, 0) is 4.74 Å². The van der Waals surface area contributed by atoms with Crippen molar-refractivity contribution in [2.45, 2.75) is 6.10 Å². The average Bonchev–Trinajstić information content (AvgIpc) is 2.23. The van der Waals surface area contributed by atoms with Gasteiger partial charge in [0.15, 0.2) is 5.84 Å². The summed E-state index contributed by atoms with van der Waals surface area (Å²) in [6, 6.07) is 4.96. The van der Waals surface area contributed by atoms with Crippen molar-refractivity contribution in [2.24, 2.45) is 10.9 Å². The van der Waals surface area contributed by atoms with E-state index < -0.39 is 0 Å². The monoisotopic (exact) mass is 242 g/mol. The molecule has 5 nitrogen and oxygen atoms in total. The Labute approximate surface area is 97.4 Å². The SMILES string of the molecule is N/C(=N/O)c1cc(Cl)ccc1OC1COC1. The summed E-state index contributed by atoms with van der Waals surface area (Å²) in [5, 5.41) is 12.1. The van der Waals surface area contributed by atoms with Crippen molar-refractivity contribution < 1.29 is 14.7 Å². The molecule has 0 bridgehead atoms. The van der Waals surface area contributed by atoms with Crippen LogP contribution in [0.4, 0.5) is 0 Å². The first kappa shape index (κ1) is 11.0. The Balaban J connectivity index is 2.27. The fraction of sp³-hybridized carbons (Fsp3) is 0.300. The van der Waals surface area contributed by atoms with Crippen molar-refractivity contribution in [2.75, 3.05) is 13.2 Å². The van der Waals surface area contributed by atoms with Crippen molar-refractivity contribution in [3.05, 3.63) is 28.8 Å². The summed E-state index contributed by atoms with van der Waals surface area (Å²) in [6.45, 7) is 1.11. The third-order valence-electron chi connectivity index (χ3n) is 2.23. The number of halogens is 1. The van der Waals surface area contributed by atoms with Crippen LogP contribution in [0.2, 0.25) is 5.02 Å². The molecule has 1 aliphatic rings.